The van der Waals surface area contributed by atoms with E-state index < -0.39 is 16.1 Å². The molecule has 96 valence electrons. The minimum absolute atomic E-state index is 0.149. The van der Waals surface area contributed by atoms with E-state index in [2.05, 4.69) is 15.0 Å². The zero-order valence-electron chi connectivity index (χ0n) is 9.63. The van der Waals surface area contributed by atoms with Gasteiger partial charge in [-0.3, -0.25) is 4.98 Å². The molecule has 7 heteroatoms. The first-order valence-electron chi connectivity index (χ1n) is 5.31. The molecule has 17 heavy (non-hydrogen) atoms. The first-order valence-corrected chi connectivity index (χ1v) is 6.79. The van der Waals surface area contributed by atoms with E-state index in [0.29, 0.717) is 13.1 Å². The number of aromatic nitrogens is 1. The first-order chi connectivity index (χ1) is 8.02. The van der Waals surface area contributed by atoms with Crippen molar-refractivity contribution in [2.75, 3.05) is 19.6 Å². The Morgan fingerprint density at radius 2 is 2.24 bits per heavy atom. The summed E-state index contributed by atoms with van der Waals surface area (Å²) >= 11 is 0. The van der Waals surface area contributed by atoms with Crippen LogP contribution in [0.4, 0.5) is 0 Å². The van der Waals surface area contributed by atoms with E-state index in [-0.39, 0.29) is 11.4 Å². The van der Waals surface area contributed by atoms with Gasteiger partial charge in [-0.1, -0.05) is 0 Å². The second kappa shape index (κ2) is 6.65. The summed E-state index contributed by atoms with van der Waals surface area (Å²) in [5, 5.41) is 11.9. The molecule has 0 bridgehead atoms. The van der Waals surface area contributed by atoms with Crippen LogP contribution in [0.15, 0.2) is 29.4 Å². The third-order valence-electron chi connectivity index (χ3n) is 1.98. The Balaban J connectivity index is 2.36. The van der Waals surface area contributed by atoms with Crippen molar-refractivity contribution < 1.29 is 13.5 Å². The molecule has 0 saturated carbocycles. The van der Waals surface area contributed by atoms with Crippen LogP contribution in [0.25, 0.3) is 0 Å². The molecular formula is C10H17N3O3S. The molecule has 0 saturated heterocycles. The summed E-state index contributed by atoms with van der Waals surface area (Å²) in [6.45, 7) is 2.83. The number of hydrogen-bond donors (Lipinski definition) is 3. The molecule has 1 unspecified atom stereocenters. The standard InChI is InChI=1S/C10H17N3O3S/c1-9(14)7-12-5-6-13-17(15,16)10-3-2-4-11-8-10/h2-4,8-9,12-14H,5-7H2,1H3. The second-order valence-corrected chi connectivity index (χ2v) is 5.41. The Morgan fingerprint density at radius 1 is 1.47 bits per heavy atom. The molecule has 1 aromatic heterocycles. The molecule has 0 aliphatic carbocycles. The van der Waals surface area contributed by atoms with Gasteiger partial charge in [0.2, 0.25) is 10.0 Å². The summed E-state index contributed by atoms with van der Waals surface area (Å²) in [7, 11) is -3.48. The maximum Gasteiger partial charge on any atom is 0.242 e. The molecule has 0 amide bonds. The highest BCUT2D eigenvalue weighted by Crippen LogP contribution is 2.04. The van der Waals surface area contributed by atoms with Crippen molar-refractivity contribution >= 4 is 10.0 Å². The number of nitrogens with one attached hydrogen (secondary N) is 2. The quantitative estimate of drug-likeness (QED) is 0.565. The number of pyridine rings is 1. The number of sulfonamides is 1. The van der Waals surface area contributed by atoms with Crippen molar-refractivity contribution in [1.82, 2.24) is 15.0 Å². The molecule has 1 aromatic rings. The number of aliphatic hydroxyl groups excluding tert-OH is 1. The molecule has 0 aliphatic rings. The number of nitrogens with zero attached hydrogens (tertiary/aromatic N) is 1. The van der Waals surface area contributed by atoms with Crippen LogP contribution in [0.1, 0.15) is 6.92 Å². The van der Waals surface area contributed by atoms with Crippen LogP contribution in [-0.4, -0.2) is 44.2 Å². The maximum absolute atomic E-state index is 11.7. The van der Waals surface area contributed by atoms with Gasteiger partial charge in [-0.25, -0.2) is 13.1 Å². The lowest BCUT2D eigenvalue weighted by Crippen LogP contribution is -2.34. The van der Waals surface area contributed by atoms with E-state index in [9.17, 15) is 8.42 Å². The molecule has 1 rings (SSSR count). The van der Waals surface area contributed by atoms with Crippen LogP contribution < -0.4 is 10.0 Å². The molecule has 0 fully saturated rings. The zero-order chi connectivity index (χ0) is 12.7. The molecule has 0 aliphatic heterocycles. The topological polar surface area (TPSA) is 91.3 Å². The molecule has 0 aromatic carbocycles. The maximum atomic E-state index is 11.7. The van der Waals surface area contributed by atoms with Crippen molar-refractivity contribution in [3.63, 3.8) is 0 Å². The average molecular weight is 259 g/mol. The molecular weight excluding hydrogens is 242 g/mol. The van der Waals surface area contributed by atoms with Gasteiger partial charge in [-0.15, -0.1) is 0 Å². The Hall–Kier alpha value is -1.02. The number of aliphatic hydroxyl groups is 1. The van der Waals surface area contributed by atoms with Crippen LogP contribution >= 0.6 is 0 Å². The molecule has 3 N–H and O–H groups in total. The Bertz CT molecular complexity index is 420. The zero-order valence-corrected chi connectivity index (χ0v) is 10.4. The van der Waals surface area contributed by atoms with Crippen molar-refractivity contribution in [2.24, 2.45) is 0 Å². The van der Waals surface area contributed by atoms with Crippen molar-refractivity contribution in [3.05, 3.63) is 24.5 Å². The van der Waals surface area contributed by atoms with Gasteiger partial charge in [0, 0.05) is 32.0 Å². The van der Waals surface area contributed by atoms with Crippen molar-refractivity contribution in [2.45, 2.75) is 17.9 Å². The van der Waals surface area contributed by atoms with Gasteiger partial charge < -0.3 is 10.4 Å². The van der Waals surface area contributed by atoms with E-state index in [1.807, 2.05) is 0 Å². The lowest BCUT2D eigenvalue weighted by Gasteiger charge is -2.08. The van der Waals surface area contributed by atoms with Crippen LogP contribution in [0.2, 0.25) is 0 Å². The van der Waals surface area contributed by atoms with Crippen molar-refractivity contribution in [3.8, 4) is 0 Å². The largest absolute Gasteiger partial charge is 0.392 e. The molecule has 1 atom stereocenters. The highest BCUT2D eigenvalue weighted by atomic mass is 32.2. The normalized spacial score (nSPS) is 13.5. The molecule has 0 spiro atoms. The van der Waals surface area contributed by atoms with E-state index in [0.717, 1.165) is 0 Å². The highest BCUT2D eigenvalue weighted by molar-refractivity contribution is 7.89. The molecule has 1 heterocycles. The highest BCUT2D eigenvalue weighted by Gasteiger charge is 2.12. The fourth-order valence-corrected chi connectivity index (χ4v) is 2.17. The fourth-order valence-electron chi connectivity index (χ4n) is 1.17. The second-order valence-electron chi connectivity index (χ2n) is 3.64. The fraction of sp³-hybridized carbons (Fsp3) is 0.500. The minimum atomic E-state index is -3.48. The third kappa shape index (κ3) is 5.22. The van der Waals surface area contributed by atoms with Gasteiger partial charge in [-0.2, -0.15) is 0 Å². The number of rotatable bonds is 7. The van der Waals surface area contributed by atoms with Crippen LogP contribution in [0, 0.1) is 0 Å². The Kier molecular flexibility index (Phi) is 5.49. The predicted octanol–water partition coefficient (Wildman–Crippen LogP) is -0.670. The Morgan fingerprint density at radius 3 is 2.82 bits per heavy atom. The van der Waals surface area contributed by atoms with E-state index in [4.69, 9.17) is 5.11 Å². The summed E-state index contributed by atoms with van der Waals surface area (Å²) in [5.41, 5.74) is 0. The molecule has 0 radical (unpaired) electrons. The minimum Gasteiger partial charge on any atom is -0.392 e. The van der Waals surface area contributed by atoms with Gasteiger partial charge in [0.25, 0.3) is 0 Å². The van der Waals surface area contributed by atoms with E-state index in [1.54, 1.807) is 13.0 Å². The summed E-state index contributed by atoms with van der Waals surface area (Å²) in [5.74, 6) is 0. The van der Waals surface area contributed by atoms with Gasteiger partial charge in [0.1, 0.15) is 4.90 Å². The van der Waals surface area contributed by atoms with E-state index in [1.165, 1.54) is 18.5 Å². The van der Waals surface area contributed by atoms with Crippen LogP contribution in [0.5, 0.6) is 0 Å². The van der Waals surface area contributed by atoms with E-state index >= 15 is 0 Å². The number of hydrogen-bond acceptors (Lipinski definition) is 5. The SMILES string of the molecule is CC(O)CNCCNS(=O)(=O)c1cccnc1. The molecule has 6 nitrogen and oxygen atoms in total. The van der Waals surface area contributed by atoms with Crippen LogP contribution in [-0.2, 0) is 10.0 Å². The van der Waals surface area contributed by atoms with Crippen LogP contribution in [0.3, 0.4) is 0 Å². The van der Waals surface area contributed by atoms with Gasteiger partial charge in [0.05, 0.1) is 6.10 Å². The smallest absolute Gasteiger partial charge is 0.242 e. The first kappa shape index (κ1) is 14.0. The summed E-state index contributed by atoms with van der Waals surface area (Å²) in [4.78, 5) is 3.90. The van der Waals surface area contributed by atoms with Crippen molar-refractivity contribution in [1.29, 1.82) is 0 Å². The average Bonchev–Trinajstić information content (AvgIpc) is 2.29. The van der Waals surface area contributed by atoms with Gasteiger partial charge in [-0.05, 0) is 19.1 Å². The third-order valence-corrected chi connectivity index (χ3v) is 3.42. The summed E-state index contributed by atoms with van der Waals surface area (Å²) in [6, 6.07) is 3.05. The Labute approximate surface area is 101 Å². The lowest BCUT2D eigenvalue weighted by atomic mass is 10.4. The summed E-state index contributed by atoms with van der Waals surface area (Å²) in [6.07, 6.45) is 2.37. The predicted molar refractivity (Wildman–Crippen MR) is 64.0 cm³/mol. The monoisotopic (exact) mass is 259 g/mol. The van der Waals surface area contributed by atoms with Gasteiger partial charge in [0.15, 0.2) is 0 Å². The van der Waals surface area contributed by atoms with Gasteiger partial charge >= 0.3 is 0 Å². The summed E-state index contributed by atoms with van der Waals surface area (Å²) < 4.78 is 25.8. The lowest BCUT2D eigenvalue weighted by molar-refractivity contribution is 0.192.